The lowest BCUT2D eigenvalue weighted by Crippen LogP contribution is -2.35. The summed E-state index contributed by atoms with van der Waals surface area (Å²) >= 11 is 0. The largest absolute Gasteiger partial charge is 0.482 e. The van der Waals surface area contributed by atoms with Gasteiger partial charge in [-0.25, -0.2) is 4.98 Å². The second-order valence-corrected chi connectivity index (χ2v) is 7.32. The SMILES string of the molecule is CN1C(=O)COc2ccc(NC(=O)c3cc(-c4ccccc4)nc4ccccc34)cc21. The number of hydrogen-bond donors (Lipinski definition) is 1. The van der Waals surface area contributed by atoms with Gasteiger partial charge in [-0.1, -0.05) is 48.5 Å². The van der Waals surface area contributed by atoms with E-state index in [-0.39, 0.29) is 18.4 Å². The highest BCUT2D eigenvalue weighted by Gasteiger charge is 2.23. The van der Waals surface area contributed by atoms with E-state index >= 15 is 0 Å². The summed E-state index contributed by atoms with van der Waals surface area (Å²) in [4.78, 5) is 31.5. The number of pyridine rings is 1. The van der Waals surface area contributed by atoms with Crippen molar-refractivity contribution in [3.8, 4) is 17.0 Å². The number of ether oxygens (including phenoxy) is 1. The smallest absolute Gasteiger partial charge is 0.264 e. The highest BCUT2D eigenvalue weighted by atomic mass is 16.5. The van der Waals surface area contributed by atoms with Crippen molar-refractivity contribution in [1.29, 1.82) is 0 Å². The van der Waals surface area contributed by atoms with Gasteiger partial charge in [0.15, 0.2) is 6.61 Å². The second kappa shape index (κ2) is 7.57. The number of benzene rings is 3. The highest BCUT2D eigenvalue weighted by Crippen LogP contribution is 2.34. The summed E-state index contributed by atoms with van der Waals surface area (Å²) in [5.74, 6) is 0.228. The lowest BCUT2D eigenvalue weighted by Gasteiger charge is -2.26. The van der Waals surface area contributed by atoms with Gasteiger partial charge in [-0.3, -0.25) is 9.59 Å². The molecule has 6 nitrogen and oxygen atoms in total. The molecule has 0 saturated heterocycles. The average molecular weight is 409 g/mol. The Hall–Kier alpha value is -4.19. The molecule has 5 rings (SSSR count). The number of nitrogens with one attached hydrogen (secondary N) is 1. The van der Waals surface area contributed by atoms with Gasteiger partial charge in [0.05, 0.1) is 22.5 Å². The van der Waals surface area contributed by atoms with Crippen molar-refractivity contribution in [3.05, 3.63) is 84.4 Å². The maximum absolute atomic E-state index is 13.3. The maximum atomic E-state index is 13.3. The van der Waals surface area contributed by atoms with Gasteiger partial charge < -0.3 is 15.0 Å². The van der Waals surface area contributed by atoms with Crippen molar-refractivity contribution in [3.63, 3.8) is 0 Å². The number of hydrogen-bond acceptors (Lipinski definition) is 4. The number of rotatable bonds is 3. The first-order valence-electron chi connectivity index (χ1n) is 9.90. The molecule has 0 aliphatic carbocycles. The number of para-hydroxylation sites is 1. The number of amides is 2. The Labute approximate surface area is 179 Å². The quantitative estimate of drug-likeness (QED) is 0.540. The molecule has 0 spiro atoms. The summed E-state index contributed by atoms with van der Waals surface area (Å²) in [6.45, 7) is 0.0144. The summed E-state index contributed by atoms with van der Waals surface area (Å²) < 4.78 is 5.46. The van der Waals surface area contributed by atoms with Gasteiger partial charge in [0.2, 0.25) is 0 Å². The molecule has 0 atom stereocenters. The lowest BCUT2D eigenvalue weighted by atomic mass is 10.0. The fraction of sp³-hybridized carbons (Fsp3) is 0.0800. The van der Waals surface area contributed by atoms with Crippen LogP contribution in [0.15, 0.2) is 78.9 Å². The molecule has 2 amide bonds. The molecule has 0 bridgehead atoms. The van der Waals surface area contributed by atoms with Crippen molar-refractivity contribution in [2.75, 3.05) is 23.9 Å². The third-order valence-electron chi connectivity index (χ3n) is 5.33. The minimum atomic E-state index is -0.249. The Morgan fingerprint density at radius 2 is 1.77 bits per heavy atom. The van der Waals surface area contributed by atoms with Crippen LogP contribution in [0.3, 0.4) is 0 Å². The average Bonchev–Trinajstić information content (AvgIpc) is 2.81. The first-order chi connectivity index (χ1) is 15.1. The summed E-state index contributed by atoms with van der Waals surface area (Å²) in [5, 5.41) is 3.73. The van der Waals surface area contributed by atoms with Crippen molar-refractivity contribution in [2.24, 2.45) is 0 Å². The number of likely N-dealkylation sites (N-methyl/N-ethyl adjacent to an activating group) is 1. The van der Waals surface area contributed by atoms with Crippen LogP contribution < -0.4 is 15.0 Å². The Kier molecular flexibility index (Phi) is 4.59. The topological polar surface area (TPSA) is 71.5 Å². The molecule has 0 saturated carbocycles. The molecule has 0 unspecified atom stereocenters. The van der Waals surface area contributed by atoms with Crippen LogP contribution in [-0.4, -0.2) is 30.5 Å². The van der Waals surface area contributed by atoms with Gasteiger partial charge in [-0.15, -0.1) is 0 Å². The minimum Gasteiger partial charge on any atom is -0.482 e. The van der Waals surface area contributed by atoms with Gasteiger partial charge in [0, 0.05) is 23.7 Å². The normalized spacial score (nSPS) is 12.9. The molecule has 6 heteroatoms. The van der Waals surface area contributed by atoms with E-state index in [4.69, 9.17) is 9.72 Å². The molecule has 1 aliphatic heterocycles. The summed E-state index contributed by atoms with van der Waals surface area (Å²) in [6.07, 6.45) is 0. The van der Waals surface area contributed by atoms with Crippen molar-refractivity contribution in [1.82, 2.24) is 4.98 Å². The van der Waals surface area contributed by atoms with E-state index in [1.807, 2.05) is 60.7 Å². The number of carbonyl (C=O) groups excluding carboxylic acids is 2. The number of nitrogens with zero attached hydrogens (tertiary/aromatic N) is 2. The Morgan fingerprint density at radius 3 is 2.61 bits per heavy atom. The summed E-state index contributed by atoms with van der Waals surface area (Å²) in [7, 11) is 1.69. The zero-order chi connectivity index (χ0) is 21.4. The van der Waals surface area contributed by atoms with E-state index in [0.29, 0.717) is 22.7 Å². The van der Waals surface area contributed by atoms with Gasteiger partial charge in [-0.2, -0.15) is 0 Å². The van der Waals surface area contributed by atoms with Crippen molar-refractivity contribution < 1.29 is 14.3 Å². The zero-order valence-corrected chi connectivity index (χ0v) is 16.8. The van der Waals surface area contributed by atoms with Crippen molar-refractivity contribution >= 4 is 34.1 Å². The number of fused-ring (bicyclic) bond motifs is 2. The number of anilines is 2. The third kappa shape index (κ3) is 3.48. The van der Waals surface area contributed by atoms with Gasteiger partial charge >= 0.3 is 0 Å². The molecule has 1 aromatic heterocycles. The van der Waals surface area contributed by atoms with Crippen LogP contribution in [0.2, 0.25) is 0 Å². The van der Waals surface area contributed by atoms with Crippen LogP contribution >= 0.6 is 0 Å². The van der Waals surface area contributed by atoms with E-state index in [1.165, 1.54) is 4.90 Å². The highest BCUT2D eigenvalue weighted by molar-refractivity contribution is 6.13. The second-order valence-electron chi connectivity index (χ2n) is 7.32. The molecule has 4 aromatic rings. The number of carbonyl (C=O) groups is 2. The van der Waals surface area contributed by atoms with Gasteiger partial charge in [-0.05, 0) is 30.3 Å². The standard InChI is InChI=1S/C25H19N3O3/c1-28-22-13-17(11-12-23(22)31-15-24(28)29)26-25(30)19-14-21(16-7-3-2-4-8-16)27-20-10-6-5-9-18(19)20/h2-14H,15H2,1H3,(H,26,30). The Morgan fingerprint density at radius 1 is 1.00 bits per heavy atom. The molecule has 3 aromatic carbocycles. The van der Waals surface area contributed by atoms with Crippen LogP contribution in [0.1, 0.15) is 10.4 Å². The third-order valence-corrected chi connectivity index (χ3v) is 5.33. The molecule has 0 radical (unpaired) electrons. The van der Waals surface area contributed by atoms with Crippen LogP contribution in [0.5, 0.6) is 5.75 Å². The van der Waals surface area contributed by atoms with E-state index in [9.17, 15) is 9.59 Å². The van der Waals surface area contributed by atoms with Crippen LogP contribution in [0.4, 0.5) is 11.4 Å². The van der Waals surface area contributed by atoms with E-state index in [1.54, 1.807) is 25.2 Å². The van der Waals surface area contributed by atoms with Gasteiger partial charge in [0.1, 0.15) is 5.75 Å². The van der Waals surface area contributed by atoms with E-state index in [2.05, 4.69) is 5.32 Å². The fourth-order valence-electron chi connectivity index (χ4n) is 3.67. The van der Waals surface area contributed by atoms with Crippen LogP contribution in [0, 0.1) is 0 Å². The first-order valence-corrected chi connectivity index (χ1v) is 9.90. The maximum Gasteiger partial charge on any atom is 0.264 e. The minimum absolute atomic E-state index is 0.0144. The summed E-state index contributed by atoms with van der Waals surface area (Å²) in [6, 6.07) is 24.4. The van der Waals surface area contributed by atoms with Crippen LogP contribution in [-0.2, 0) is 4.79 Å². The Balaban J connectivity index is 1.54. The predicted octanol–water partition coefficient (Wildman–Crippen LogP) is 4.51. The molecule has 2 heterocycles. The zero-order valence-electron chi connectivity index (χ0n) is 16.8. The van der Waals surface area contributed by atoms with Crippen molar-refractivity contribution in [2.45, 2.75) is 0 Å². The molecular formula is C25H19N3O3. The summed E-state index contributed by atoms with van der Waals surface area (Å²) in [5.41, 5.74) is 4.15. The first kappa shape index (κ1) is 18.8. The van der Waals surface area contributed by atoms with E-state index in [0.717, 1.165) is 22.2 Å². The molecule has 152 valence electrons. The Bertz CT molecular complexity index is 1320. The monoisotopic (exact) mass is 409 g/mol. The van der Waals surface area contributed by atoms with Gasteiger partial charge in [0.25, 0.3) is 11.8 Å². The molecule has 0 fully saturated rings. The predicted molar refractivity (Wildman–Crippen MR) is 120 cm³/mol. The fourth-order valence-corrected chi connectivity index (χ4v) is 3.67. The molecule has 31 heavy (non-hydrogen) atoms. The molecular weight excluding hydrogens is 390 g/mol. The van der Waals surface area contributed by atoms with E-state index < -0.39 is 0 Å². The lowest BCUT2D eigenvalue weighted by molar-refractivity contribution is -0.120. The number of aromatic nitrogens is 1. The van der Waals surface area contributed by atoms with Crippen LogP contribution in [0.25, 0.3) is 22.2 Å². The molecule has 1 N–H and O–H groups in total. The molecule has 1 aliphatic rings.